The number of hydrogen-bond acceptors (Lipinski definition) is 2. The minimum absolute atomic E-state index is 0.318. The molecule has 0 unspecified atom stereocenters. The molecule has 2 heteroatoms. The molecule has 1 saturated carbocycles. The van der Waals surface area contributed by atoms with Crippen molar-refractivity contribution < 1.29 is 9.53 Å². The van der Waals surface area contributed by atoms with E-state index >= 15 is 0 Å². The molecule has 0 radical (unpaired) electrons. The van der Waals surface area contributed by atoms with Gasteiger partial charge >= 0.3 is 0 Å². The first kappa shape index (κ1) is 19.5. The van der Waals surface area contributed by atoms with E-state index < -0.39 is 0 Å². The Morgan fingerprint density at radius 1 is 0.900 bits per heavy atom. The quantitative estimate of drug-likeness (QED) is 0.591. The summed E-state index contributed by atoms with van der Waals surface area (Å²) in [5.41, 5.74) is -0.318. The SMILES string of the molecule is CC(C)(C)OC=O.CCC1CCCCCCCCCC1. The first-order valence-corrected chi connectivity index (χ1v) is 8.61. The Bertz CT molecular complexity index is 206. The van der Waals surface area contributed by atoms with Crippen molar-refractivity contribution in [3.8, 4) is 0 Å². The molecule has 0 N–H and O–H groups in total. The van der Waals surface area contributed by atoms with Crippen LogP contribution in [0.2, 0.25) is 0 Å². The zero-order chi connectivity index (χ0) is 15.3. The normalized spacial score (nSPS) is 19.2. The van der Waals surface area contributed by atoms with E-state index in [9.17, 15) is 4.79 Å². The Morgan fingerprint density at radius 3 is 1.55 bits per heavy atom. The molecule has 0 bridgehead atoms. The monoisotopic (exact) mass is 284 g/mol. The van der Waals surface area contributed by atoms with Crippen LogP contribution in [-0.2, 0) is 9.53 Å². The van der Waals surface area contributed by atoms with Crippen LogP contribution in [0.1, 0.15) is 98.3 Å². The first-order valence-electron chi connectivity index (χ1n) is 8.61. The molecule has 2 nitrogen and oxygen atoms in total. The summed E-state index contributed by atoms with van der Waals surface area (Å²) in [6.07, 6.45) is 16.4. The van der Waals surface area contributed by atoms with Gasteiger partial charge in [-0.3, -0.25) is 4.79 Å². The molecule has 1 aliphatic rings. The highest BCUT2D eigenvalue weighted by molar-refractivity contribution is 5.37. The average Bonchev–Trinajstić information content (AvgIpc) is 2.43. The zero-order valence-electron chi connectivity index (χ0n) is 14.2. The number of ether oxygens (including phenoxy) is 1. The third-order valence-corrected chi connectivity index (χ3v) is 3.95. The highest BCUT2D eigenvalue weighted by atomic mass is 16.5. The van der Waals surface area contributed by atoms with E-state index in [1.165, 1.54) is 70.6 Å². The minimum atomic E-state index is -0.318. The van der Waals surface area contributed by atoms with Gasteiger partial charge < -0.3 is 4.74 Å². The van der Waals surface area contributed by atoms with Crippen LogP contribution in [-0.4, -0.2) is 12.1 Å². The van der Waals surface area contributed by atoms with E-state index in [4.69, 9.17) is 0 Å². The summed E-state index contributed by atoms with van der Waals surface area (Å²) < 4.78 is 4.55. The van der Waals surface area contributed by atoms with Gasteiger partial charge in [0.25, 0.3) is 6.47 Å². The zero-order valence-corrected chi connectivity index (χ0v) is 14.2. The van der Waals surface area contributed by atoms with Crippen LogP contribution in [0.15, 0.2) is 0 Å². The largest absolute Gasteiger partial charge is 0.462 e. The van der Waals surface area contributed by atoms with Crippen molar-refractivity contribution in [1.82, 2.24) is 0 Å². The Labute approximate surface area is 126 Å². The van der Waals surface area contributed by atoms with E-state index in [2.05, 4.69) is 11.7 Å². The fourth-order valence-electron chi connectivity index (χ4n) is 2.62. The van der Waals surface area contributed by atoms with Crippen molar-refractivity contribution >= 4 is 6.47 Å². The molecule has 20 heavy (non-hydrogen) atoms. The Balaban J connectivity index is 0.000000441. The Kier molecular flexibility index (Phi) is 11.9. The number of carbonyl (C=O) groups excluding carboxylic acids is 1. The summed E-state index contributed by atoms with van der Waals surface area (Å²) in [4.78, 5) is 9.60. The van der Waals surface area contributed by atoms with Crippen molar-refractivity contribution in [2.45, 2.75) is 104 Å². The van der Waals surface area contributed by atoms with Gasteiger partial charge in [-0.2, -0.15) is 0 Å². The second-order valence-corrected chi connectivity index (χ2v) is 7.01. The van der Waals surface area contributed by atoms with Crippen LogP contribution < -0.4 is 0 Å². The molecule has 0 heterocycles. The fraction of sp³-hybridized carbons (Fsp3) is 0.944. The lowest BCUT2D eigenvalue weighted by Crippen LogP contribution is -2.17. The lowest BCUT2D eigenvalue weighted by molar-refractivity contribution is -0.138. The van der Waals surface area contributed by atoms with Crippen molar-refractivity contribution in [2.24, 2.45) is 5.92 Å². The first-order chi connectivity index (χ1) is 9.49. The molecule has 0 saturated heterocycles. The lowest BCUT2D eigenvalue weighted by Gasteiger charge is -2.14. The summed E-state index contributed by atoms with van der Waals surface area (Å²) >= 11 is 0. The van der Waals surface area contributed by atoms with Crippen molar-refractivity contribution in [2.75, 3.05) is 0 Å². The van der Waals surface area contributed by atoms with E-state index in [1.807, 2.05) is 20.8 Å². The average molecular weight is 284 g/mol. The van der Waals surface area contributed by atoms with Gasteiger partial charge in [0.15, 0.2) is 0 Å². The van der Waals surface area contributed by atoms with Crippen molar-refractivity contribution in [1.29, 1.82) is 0 Å². The molecular formula is C18H36O2. The Morgan fingerprint density at radius 2 is 1.30 bits per heavy atom. The van der Waals surface area contributed by atoms with Crippen molar-refractivity contribution in [3.63, 3.8) is 0 Å². The van der Waals surface area contributed by atoms with Crippen LogP contribution in [0.3, 0.4) is 0 Å². The van der Waals surface area contributed by atoms with Crippen LogP contribution in [0.25, 0.3) is 0 Å². The maximum atomic E-state index is 9.60. The molecule has 1 aliphatic carbocycles. The number of hydrogen-bond donors (Lipinski definition) is 0. The van der Waals surface area contributed by atoms with E-state index in [1.54, 1.807) is 0 Å². The highest BCUT2D eigenvalue weighted by Crippen LogP contribution is 2.22. The van der Waals surface area contributed by atoms with E-state index in [0.717, 1.165) is 5.92 Å². The molecule has 0 spiro atoms. The maximum absolute atomic E-state index is 9.60. The van der Waals surface area contributed by atoms with Gasteiger partial charge in [0, 0.05) is 0 Å². The second kappa shape index (κ2) is 12.2. The molecule has 1 rings (SSSR count). The smallest absolute Gasteiger partial charge is 0.293 e. The molecule has 120 valence electrons. The maximum Gasteiger partial charge on any atom is 0.293 e. The molecule has 0 aliphatic heterocycles. The summed E-state index contributed by atoms with van der Waals surface area (Å²) in [5.74, 6) is 1.05. The molecule has 0 amide bonds. The van der Waals surface area contributed by atoms with E-state index in [0.29, 0.717) is 6.47 Å². The predicted molar refractivity (Wildman–Crippen MR) is 86.9 cm³/mol. The number of carbonyl (C=O) groups is 1. The summed E-state index contributed by atoms with van der Waals surface area (Å²) in [6, 6.07) is 0. The van der Waals surface area contributed by atoms with Gasteiger partial charge in [0.1, 0.15) is 5.60 Å². The predicted octanol–water partition coefficient (Wildman–Crippen LogP) is 5.89. The summed E-state index contributed by atoms with van der Waals surface area (Å²) in [5, 5.41) is 0. The molecule has 0 aromatic heterocycles. The van der Waals surface area contributed by atoms with Gasteiger partial charge in [0.2, 0.25) is 0 Å². The molecule has 0 aromatic carbocycles. The third-order valence-electron chi connectivity index (χ3n) is 3.95. The molecule has 0 atom stereocenters. The summed E-state index contributed by atoms with van der Waals surface area (Å²) in [6.45, 7) is 8.29. The molecule has 0 aromatic rings. The van der Waals surface area contributed by atoms with Gasteiger partial charge in [-0.25, -0.2) is 0 Å². The van der Waals surface area contributed by atoms with Crippen LogP contribution in [0, 0.1) is 5.92 Å². The van der Waals surface area contributed by atoms with Gasteiger partial charge in [-0.1, -0.05) is 77.6 Å². The minimum Gasteiger partial charge on any atom is -0.462 e. The fourth-order valence-corrected chi connectivity index (χ4v) is 2.62. The van der Waals surface area contributed by atoms with Gasteiger partial charge in [-0.15, -0.1) is 0 Å². The van der Waals surface area contributed by atoms with Crippen LogP contribution in [0.5, 0.6) is 0 Å². The van der Waals surface area contributed by atoms with Crippen molar-refractivity contribution in [3.05, 3.63) is 0 Å². The van der Waals surface area contributed by atoms with Crippen LogP contribution in [0.4, 0.5) is 0 Å². The van der Waals surface area contributed by atoms with E-state index in [-0.39, 0.29) is 5.60 Å². The standard InChI is InChI=1S/C13H26.C5H10O2/c1-2-13-11-9-7-5-3-4-6-8-10-12-13;1-5(2,3)7-4-6/h13H,2-12H2,1H3;4H,1-3H3. The summed E-state index contributed by atoms with van der Waals surface area (Å²) in [7, 11) is 0. The lowest BCUT2D eigenvalue weighted by atomic mass is 9.93. The van der Waals surface area contributed by atoms with Gasteiger partial charge in [0.05, 0.1) is 0 Å². The van der Waals surface area contributed by atoms with Gasteiger partial charge in [-0.05, 0) is 26.7 Å². The number of rotatable bonds is 2. The topological polar surface area (TPSA) is 26.3 Å². The second-order valence-electron chi connectivity index (χ2n) is 7.01. The van der Waals surface area contributed by atoms with Crippen LogP contribution >= 0.6 is 0 Å². The third kappa shape index (κ3) is 13.9. The molecule has 1 fully saturated rings. The molecular weight excluding hydrogens is 248 g/mol. The highest BCUT2D eigenvalue weighted by Gasteiger charge is 2.07. The Hall–Kier alpha value is -0.530.